The summed E-state index contributed by atoms with van der Waals surface area (Å²) < 4.78 is 12.7. The first kappa shape index (κ1) is 14.9. The van der Waals surface area contributed by atoms with Crippen LogP contribution in [0.15, 0.2) is 52.5 Å². The molecule has 0 unspecified atom stereocenters. The van der Waals surface area contributed by atoms with Crippen molar-refractivity contribution in [3.63, 3.8) is 0 Å². The molecule has 0 bridgehead atoms. The molecule has 0 saturated heterocycles. The molecule has 0 fully saturated rings. The van der Waals surface area contributed by atoms with Crippen molar-refractivity contribution in [1.82, 2.24) is 4.98 Å². The Balaban J connectivity index is 1.84. The van der Waals surface area contributed by atoms with E-state index in [-0.39, 0.29) is 11.4 Å². The summed E-state index contributed by atoms with van der Waals surface area (Å²) in [7, 11) is 0. The highest BCUT2D eigenvalue weighted by Gasteiger charge is 2.10. The number of benzene rings is 1. The summed E-state index contributed by atoms with van der Waals surface area (Å²) in [5, 5.41) is 9.56. The Labute approximate surface area is 124 Å². The van der Waals surface area contributed by atoms with Crippen LogP contribution in [-0.4, -0.2) is 27.6 Å². The lowest BCUT2D eigenvalue weighted by Crippen LogP contribution is -2.00. The van der Waals surface area contributed by atoms with Crippen LogP contribution in [0.3, 0.4) is 0 Å². The molecule has 1 N–H and O–H groups in total. The van der Waals surface area contributed by atoms with Gasteiger partial charge in [-0.05, 0) is 36.4 Å². The number of carbonyl (C=O) groups is 1. The van der Waals surface area contributed by atoms with Crippen molar-refractivity contribution in [2.24, 2.45) is 0 Å². The maximum atomic E-state index is 12.7. The second kappa shape index (κ2) is 7.31. The van der Waals surface area contributed by atoms with Crippen LogP contribution in [0.2, 0.25) is 0 Å². The van der Waals surface area contributed by atoms with Gasteiger partial charge in [-0.15, -0.1) is 23.5 Å². The predicted molar refractivity (Wildman–Crippen MR) is 79.0 cm³/mol. The van der Waals surface area contributed by atoms with Gasteiger partial charge in [0.15, 0.2) is 0 Å². The molecule has 0 aliphatic rings. The van der Waals surface area contributed by atoms with Crippen molar-refractivity contribution >= 4 is 29.5 Å². The second-order valence-corrected chi connectivity index (χ2v) is 6.06. The third-order valence-corrected chi connectivity index (χ3v) is 4.69. The van der Waals surface area contributed by atoms with Crippen molar-refractivity contribution in [1.29, 1.82) is 0 Å². The van der Waals surface area contributed by atoms with Gasteiger partial charge >= 0.3 is 5.97 Å². The lowest BCUT2D eigenvalue weighted by Gasteiger charge is -2.04. The van der Waals surface area contributed by atoms with E-state index in [0.717, 1.165) is 16.4 Å². The molecule has 104 valence electrons. The van der Waals surface area contributed by atoms with Gasteiger partial charge in [0, 0.05) is 22.6 Å². The van der Waals surface area contributed by atoms with E-state index in [9.17, 15) is 9.18 Å². The predicted octanol–water partition coefficient (Wildman–Crippen LogP) is 3.80. The number of hydrogen-bond acceptors (Lipinski definition) is 4. The summed E-state index contributed by atoms with van der Waals surface area (Å²) in [4.78, 5) is 16.1. The van der Waals surface area contributed by atoms with Crippen molar-refractivity contribution in [3.05, 3.63) is 54.0 Å². The van der Waals surface area contributed by atoms with Crippen LogP contribution in [-0.2, 0) is 0 Å². The molecule has 0 amide bonds. The molecule has 6 heteroatoms. The highest BCUT2D eigenvalue weighted by molar-refractivity contribution is 8.03. The molecule has 0 aliphatic carbocycles. The smallest absolute Gasteiger partial charge is 0.338 e. The van der Waals surface area contributed by atoms with E-state index in [4.69, 9.17) is 5.11 Å². The van der Waals surface area contributed by atoms with E-state index in [1.54, 1.807) is 42.2 Å². The molecule has 0 spiro atoms. The third-order valence-electron chi connectivity index (χ3n) is 2.41. The number of aromatic nitrogens is 1. The van der Waals surface area contributed by atoms with Crippen molar-refractivity contribution in [2.45, 2.75) is 9.92 Å². The van der Waals surface area contributed by atoms with Crippen LogP contribution < -0.4 is 0 Å². The number of rotatable bonds is 6. The molecule has 1 heterocycles. The van der Waals surface area contributed by atoms with E-state index < -0.39 is 5.97 Å². The van der Waals surface area contributed by atoms with Crippen LogP contribution >= 0.6 is 23.5 Å². The minimum Gasteiger partial charge on any atom is -0.478 e. The van der Waals surface area contributed by atoms with Gasteiger partial charge in [-0.2, -0.15) is 0 Å². The van der Waals surface area contributed by atoms with Gasteiger partial charge in [-0.3, -0.25) is 0 Å². The Morgan fingerprint density at radius 1 is 1.15 bits per heavy atom. The number of carboxylic acids is 1. The molecule has 20 heavy (non-hydrogen) atoms. The Hall–Kier alpha value is -1.53. The van der Waals surface area contributed by atoms with Crippen molar-refractivity contribution in [2.75, 3.05) is 11.5 Å². The summed E-state index contributed by atoms with van der Waals surface area (Å²) in [6.07, 6.45) is 1.59. The van der Waals surface area contributed by atoms with Crippen molar-refractivity contribution < 1.29 is 14.3 Å². The molecule has 0 atom stereocenters. The average Bonchev–Trinajstić information content (AvgIpc) is 2.46. The van der Waals surface area contributed by atoms with Crippen LogP contribution in [0.4, 0.5) is 4.39 Å². The maximum Gasteiger partial charge on any atom is 0.338 e. The topological polar surface area (TPSA) is 50.2 Å². The standard InChI is InChI=1S/C14H12FNO2S2/c15-10-3-5-11(6-4-10)19-8-9-20-13-12(14(17)18)2-1-7-16-13/h1-7H,8-9H2,(H,17,18). The summed E-state index contributed by atoms with van der Waals surface area (Å²) >= 11 is 3.01. The monoisotopic (exact) mass is 309 g/mol. The minimum atomic E-state index is -0.966. The highest BCUT2D eigenvalue weighted by Crippen LogP contribution is 2.24. The fraction of sp³-hybridized carbons (Fsp3) is 0.143. The zero-order valence-electron chi connectivity index (χ0n) is 10.5. The molecule has 1 aromatic heterocycles. The van der Waals surface area contributed by atoms with Gasteiger partial charge in [-0.1, -0.05) is 0 Å². The SMILES string of the molecule is O=C(O)c1cccnc1SCCSc1ccc(F)cc1. The Kier molecular flexibility index (Phi) is 5.43. The van der Waals surface area contributed by atoms with Crippen LogP contribution in [0, 0.1) is 5.82 Å². The van der Waals surface area contributed by atoms with Gasteiger partial charge in [0.2, 0.25) is 0 Å². The first-order valence-electron chi connectivity index (χ1n) is 5.86. The molecule has 0 radical (unpaired) electrons. The van der Waals surface area contributed by atoms with E-state index >= 15 is 0 Å². The normalized spacial score (nSPS) is 10.4. The van der Waals surface area contributed by atoms with Crippen LogP contribution in [0.1, 0.15) is 10.4 Å². The molecule has 2 aromatic rings. The lowest BCUT2D eigenvalue weighted by atomic mass is 10.3. The summed E-state index contributed by atoms with van der Waals surface area (Å²) in [5.74, 6) is 0.320. The van der Waals surface area contributed by atoms with Crippen LogP contribution in [0.5, 0.6) is 0 Å². The molecule has 3 nitrogen and oxygen atoms in total. The summed E-state index contributed by atoms with van der Waals surface area (Å²) in [6.45, 7) is 0. The van der Waals surface area contributed by atoms with Gasteiger partial charge in [0.05, 0.1) is 5.56 Å². The lowest BCUT2D eigenvalue weighted by molar-refractivity contribution is 0.0692. The third kappa shape index (κ3) is 4.25. The first-order valence-corrected chi connectivity index (χ1v) is 7.83. The molecule has 0 aliphatic heterocycles. The molecule has 1 aromatic carbocycles. The summed E-state index contributed by atoms with van der Waals surface area (Å²) in [5.41, 5.74) is 0.226. The number of pyridine rings is 1. The fourth-order valence-electron chi connectivity index (χ4n) is 1.50. The number of nitrogens with zero attached hydrogens (tertiary/aromatic N) is 1. The fourth-order valence-corrected chi connectivity index (χ4v) is 3.37. The van der Waals surface area contributed by atoms with Gasteiger partial charge in [-0.25, -0.2) is 14.2 Å². The van der Waals surface area contributed by atoms with Crippen LogP contribution in [0.25, 0.3) is 0 Å². The van der Waals surface area contributed by atoms with E-state index in [0.29, 0.717) is 5.03 Å². The van der Waals surface area contributed by atoms with Crippen molar-refractivity contribution in [3.8, 4) is 0 Å². The maximum absolute atomic E-state index is 12.7. The number of thioether (sulfide) groups is 2. The van der Waals surface area contributed by atoms with Gasteiger partial charge in [0.1, 0.15) is 10.8 Å². The summed E-state index contributed by atoms with van der Waals surface area (Å²) in [6, 6.07) is 9.47. The molecule has 0 saturated carbocycles. The molecule has 2 rings (SSSR count). The van der Waals surface area contributed by atoms with E-state index in [1.165, 1.54) is 23.9 Å². The number of carboxylic acid groups (broad SMARTS) is 1. The highest BCUT2D eigenvalue weighted by atomic mass is 32.2. The zero-order valence-corrected chi connectivity index (χ0v) is 12.1. The average molecular weight is 309 g/mol. The Morgan fingerprint density at radius 3 is 2.55 bits per heavy atom. The van der Waals surface area contributed by atoms with Gasteiger partial charge in [0.25, 0.3) is 0 Å². The number of aromatic carboxylic acids is 1. The van der Waals surface area contributed by atoms with Gasteiger partial charge < -0.3 is 5.11 Å². The molecular formula is C14H12FNO2S2. The first-order chi connectivity index (χ1) is 9.66. The van der Waals surface area contributed by atoms with E-state index in [1.807, 2.05) is 0 Å². The molecular weight excluding hydrogens is 297 g/mol. The quantitative estimate of drug-likeness (QED) is 0.649. The zero-order chi connectivity index (χ0) is 14.4. The Bertz CT molecular complexity index is 590. The number of halogens is 1. The van der Waals surface area contributed by atoms with E-state index in [2.05, 4.69) is 4.98 Å². The minimum absolute atomic E-state index is 0.226. The number of hydrogen-bond donors (Lipinski definition) is 1. The Morgan fingerprint density at radius 2 is 1.85 bits per heavy atom. The second-order valence-electron chi connectivity index (χ2n) is 3.81. The largest absolute Gasteiger partial charge is 0.478 e.